The van der Waals surface area contributed by atoms with E-state index in [9.17, 15) is 4.79 Å². The van der Waals surface area contributed by atoms with Crippen molar-refractivity contribution in [2.45, 2.75) is 25.8 Å². The van der Waals surface area contributed by atoms with E-state index in [1.807, 2.05) is 18.2 Å². The van der Waals surface area contributed by atoms with Crippen molar-refractivity contribution < 1.29 is 4.79 Å². The SMILES string of the molecule is CCCC(CN)NC(=O)c1ccccc1. The highest BCUT2D eigenvalue weighted by molar-refractivity contribution is 5.94. The summed E-state index contributed by atoms with van der Waals surface area (Å²) in [5.74, 6) is -0.0421. The first-order valence-electron chi connectivity index (χ1n) is 5.34. The lowest BCUT2D eigenvalue weighted by Crippen LogP contribution is -2.40. The summed E-state index contributed by atoms with van der Waals surface area (Å²) in [4.78, 5) is 11.7. The maximum atomic E-state index is 11.7. The molecule has 1 rings (SSSR count). The van der Waals surface area contributed by atoms with Crippen LogP contribution in [0, 0.1) is 0 Å². The summed E-state index contributed by atoms with van der Waals surface area (Å²) in [5.41, 5.74) is 6.26. The third-order valence-electron chi connectivity index (χ3n) is 2.29. The Morgan fingerprint density at radius 3 is 2.60 bits per heavy atom. The van der Waals surface area contributed by atoms with E-state index < -0.39 is 0 Å². The molecule has 1 aromatic rings. The fraction of sp³-hybridized carbons (Fsp3) is 0.417. The number of carbonyl (C=O) groups is 1. The molecule has 0 bridgehead atoms. The zero-order valence-electron chi connectivity index (χ0n) is 9.07. The Bertz CT molecular complexity index is 298. The van der Waals surface area contributed by atoms with Crippen LogP contribution < -0.4 is 11.1 Å². The minimum absolute atomic E-state index is 0.0421. The van der Waals surface area contributed by atoms with Gasteiger partial charge in [0.25, 0.3) is 5.91 Å². The number of nitrogens with one attached hydrogen (secondary N) is 1. The molecule has 0 heterocycles. The Hall–Kier alpha value is -1.35. The first-order valence-corrected chi connectivity index (χ1v) is 5.34. The standard InChI is InChI=1S/C12H18N2O/c1-2-6-11(9-13)14-12(15)10-7-4-3-5-8-10/h3-5,7-8,11H,2,6,9,13H2,1H3,(H,14,15). The molecule has 0 radical (unpaired) electrons. The number of carbonyl (C=O) groups excluding carboxylic acids is 1. The Labute approximate surface area is 90.7 Å². The van der Waals surface area contributed by atoms with Crippen LogP contribution in [-0.4, -0.2) is 18.5 Å². The average Bonchev–Trinajstić information content (AvgIpc) is 2.29. The molecule has 0 spiro atoms. The molecule has 3 heteroatoms. The minimum atomic E-state index is -0.0421. The summed E-state index contributed by atoms with van der Waals surface area (Å²) in [7, 11) is 0. The van der Waals surface area contributed by atoms with E-state index in [-0.39, 0.29) is 11.9 Å². The molecule has 0 aliphatic carbocycles. The fourth-order valence-electron chi connectivity index (χ4n) is 1.46. The predicted molar refractivity (Wildman–Crippen MR) is 61.7 cm³/mol. The molecule has 1 unspecified atom stereocenters. The van der Waals surface area contributed by atoms with Gasteiger partial charge in [0.2, 0.25) is 0 Å². The summed E-state index contributed by atoms with van der Waals surface area (Å²) in [5, 5.41) is 2.92. The first-order chi connectivity index (χ1) is 7.27. The van der Waals surface area contributed by atoms with Crippen LogP contribution in [0.25, 0.3) is 0 Å². The van der Waals surface area contributed by atoms with Gasteiger partial charge in [-0.3, -0.25) is 4.79 Å². The van der Waals surface area contributed by atoms with Gasteiger partial charge in [-0.2, -0.15) is 0 Å². The summed E-state index contributed by atoms with van der Waals surface area (Å²) in [6, 6.07) is 9.29. The van der Waals surface area contributed by atoms with E-state index in [2.05, 4.69) is 12.2 Å². The summed E-state index contributed by atoms with van der Waals surface area (Å²) >= 11 is 0. The summed E-state index contributed by atoms with van der Waals surface area (Å²) in [6.07, 6.45) is 1.95. The molecular weight excluding hydrogens is 188 g/mol. The van der Waals surface area contributed by atoms with Crippen LogP contribution >= 0.6 is 0 Å². The van der Waals surface area contributed by atoms with Crippen LogP contribution in [0.2, 0.25) is 0 Å². The number of benzene rings is 1. The Morgan fingerprint density at radius 1 is 1.40 bits per heavy atom. The molecule has 0 aliphatic rings. The number of hydrogen-bond acceptors (Lipinski definition) is 2. The van der Waals surface area contributed by atoms with Crippen LogP contribution in [0.3, 0.4) is 0 Å². The fourth-order valence-corrected chi connectivity index (χ4v) is 1.46. The number of nitrogens with two attached hydrogens (primary N) is 1. The Balaban J connectivity index is 2.55. The van der Waals surface area contributed by atoms with Crippen LogP contribution in [0.1, 0.15) is 30.1 Å². The van der Waals surface area contributed by atoms with E-state index in [0.29, 0.717) is 12.1 Å². The topological polar surface area (TPSA) is 55.1 Å². The van der Waals surface area contributed by atoms with Crippen molar-refractivity contribution >= 4 is 5.91 Å². The van der Waals surface area contributed by atoms with Gasteiger partial charge < -0.3 is 11.1 Å². The van der Waals surface area contributed by atoms with Crippen molar-refractivity contribution in [3.8, 4) is 0 Å². The van der Waals surface area contributed by atoms with Crippen molar-refractivity contribution in [2.75, 3.05) is 6.54 Å². The van der Waals surface area contributed by atoms with Gasteiger partial charge in [0.1, 0.15) is 0 Å². The van der Waals surface area contributed by atoms with Gasteiger partial charge in [0, 0.05) is 18.2 Å². The van der Waals surface area contributed by atoms with Gasteiger partial charge in [-0.25, -0.2) is 0 Å². The molecule has 1 atom stereocenters. The molecule has 0 aliphatic heterocycles. The van der Waals surface area contributed by atoms with Gasteiger partial charge in [0.15, 0.2) is 0 Å². The minimum Gasteiger partial charge on any atom is -0.348 e. The molecule has 1 amide bonds. The molecule has 0 aromatic heterocycles. The normalized spacial score (nSPS) is 12.1. The molecule has 0 fully saturated rings. The third-order valence-corrected chi connectivity index (χ3v) is 2.29. The number of hydrogen-bond donors (Lipinski definition) is 2. The van der Waals surface area contributed by atoms with Gasteiger partial charge >= 0.3 is 0 Å². The Kier molecular flexibility index (Phi) is 4.84. The van der Waals surface area contributed by atoms with Gasteiger partial charge in [-0.05, 0) is 18.6 Å². The van der Waals surface area contributed by atoms with Crippen molar-refractivity contribution in [1.82, 2.24) is 5.32 Å². The second-order valence-corrected chi connectivity index (χ2v) is 3.56. The molecule has 0 saturated carbocycles. The second kappa shape index (κ2) is 6.19. The molecule has 82 valence electrons. The number of rotatable bonds is 5. The summed E-state index contributed by atoms with van der Waals surface area (Å²) in [6.45, 7) is 2.57. The summed E-state index contributed by atoms with van der Waals surface area (Å²) < 4.78 is 0. The van der Waals surface area contributed by atoms with E-state index in [1.165, 1.54) is 0 Å². The van der Waals surface area contributed by atoms with E-state index in [0.717, 1.165) is 12.8 Å². The lowest BCUT2D eigenvalue weighted by Gasteiger charge is -2.15. The van der Waals surface area contributed by atoms with Crippen LogP contribution in [0.4, 0.5) is 0 Å². The van der Waals surface area contributed by atoms with Crippen molar-refractivity contribution in [3.63, 3.8) is 0 Å². The lowest BCUT2D eigenvalue weighted by molar-refractivity contribution is 0.0936. The molecular formula is C12H18N2O. The molecule has 1 aromatic carbocycles. The van der Waals surface area contributed by atoms with Gasteiger partial charge in [0.05, 0.1) is 0 Å². The molecule has 0 saturated heterocycles. The number of amides is 1. The Morgan fingerprint density at radius 2 is 2.07 bits per heavy atom. The van der Waals surface area contributed by atoms with E-state index in [1.54, 1.807) is 12.1 Å². The molecule has 3 nitrogen and oxygen atoms in total. The van der Waals surface area contributed by atoms with Crippen molar-refractivity contribution in [2.24, 2.45) is 5.73 Å². The molecule has 3 N–H and O–H groups in total. The van der Waals surface area contributed by atoms with Crippen molar-refractivity contribution in [1.29, 1.82) is 0 Å². The van der Waals surface area contributed by atoms with Gasteiger partial charge in [-0.1, -0.05) is 31.5 Å². The monoisotopic (exact) mass is 206 g/mol. The zero-order chi connectivity index (χ0) is 11.1. The highest BCUT2D eigenvalue weighted by Crippen LogP contribution is 2.01. The van der Waals surface area contributed by atoms with Crippen LogP contribution in [0.15, 0.2) is 30.3 Å². The smallest absolute Gasteiger partial charge is 0.251 e. The zero-order valence-corrected chi connectivity index (χ0v) is 9.07. The largest absolute Gasteiger partial charge is 0.348 e. The highest BCUT2D eigenvalue weighted by Gasteiger charge is 2.10. The predicted octanol–water partition coefficient (Wildman–Crippen LogP) is 1.54. The highest BCUT2D eigenvalue weighted by atomic mass is 16.1. The second-order valence-electron chi connectivity index (χ2n) is 3.56. The maximum Gasteiger partial charge on any atom is 0.251 e. The molecule has 15 heavy (non-hydrogen) atoms. The van der Waals surface area contributed by atoms with E-state index in [4.69, 9.17) is 5.73 Å². The first kappa shape index (κ1) is 11.7. The quantitative estimate of drug-likeness (QED) is 0.768. The van der Waals surface area contributed by atoms with E-state index >= 15 is 0 Å². The van der Waals surface area contributed by atoms with Crippen LogP contribution in [0.5, 0.6) is 0 Å². The lowest BCUT2D eigenvalue weighted by atomic mass is 10.1. The average molecular weight is 206 g/mol. The van der Waals surface area contributed by atoms with Gasteiger partial charge in [-0.15, -0.1) is 0 Å². The van der Waals surface area contributed by atoms with Crippen LogP contribution in [-0.2, 0) is 0 Å². The third kappa shape index (κ3) is 3.72. The maximum absolute atomic E-state index is 11.7. The van der Waals surface area contributed by atoms with Crippen molar-refractivity contribution in [3.05, 3.63) is 35.9 Å².